The number of nitrogens with one attached hydrogen (secondary N) is 1. The van der Waals surface area contributed by atoms with Crippen molar-refractivity contribution in [1.29, 1.82) is 0 Å². The summed E-state index contributed by atoms with van der Waals surface area (Å²) in [6, 6.07) is 15.9. The lowest BCUT2D eigenvalue weighted by atomic mass is 10.1. The third-order valence-corrected chi connectivity index (χ3v) is 5.59. The molecule has 0 radical (unpaired) electrons. The highest BCUT2D eigenvalue weighted by Crippen LogP contribution is 2.31. The van der Waals surface area contributed by atoms with Gasteiger partial charge in [-0.1, -0.05) is 18.2 Å². The van der Waals surface area contributed by atoms with Crippen LogP contribution in [0.25, 0.3) is 17.1 Å². The van der Waals surface area contributed by atoms with Crippen molar-refractivity contribution in [2.75, 3.05) is 13.1 Å². The van der Waals surface area contributed by atoms with Gasteiger partial charge in [-0.15, -0.1) is 12.4 Å². The maximum Gasteiger partial charge on any atom is 0.273 e. The molecule has 2 atom stereocenters. The van der Waals surface area contributed by atoms with Crippen molar-refractivity contribution in [2.24, 2.45) is 0 Å². The van der Waals surface area contributed by atoms with Crippen molar-refractivity contribution in [3.63, 3.8) is 0 Å². The van der Waals surface area contributed by atoms with Crippen LogP contribution in [0.2, 0.25) is 0 Å². The number of para-hydroxylation sites is 1. The molecule has 2 unspecified atom stereocenters. The molecule has 1 aromatic carbocycles. The summed E-state index contributed by atoms with van der Waals surface area (Å²) in [6.07, 6.45) is 4.78. The van der Waals surface area contributed by atoms with Gasteiger partial charge >= 0.3 is 0 Å². The molecule has 0 spiro atoms. The molecule has 5 rings (SSSR count). The van der Waals surface area contributed by atoms with Gasteiger partial charge in [0, 0.05) is 24.7 Å². The highest BCUT2D eigenvalue weighted by molar-refractivity contribution is 5.95. The fraction of sp³-hybridized carbons (Fsp3) is 0.333. The van der Waals surface area contributed by atoms with Crippen molar-refractivity contribution in [1.82, 2.24) is 20.0 Å². The van der Waals surface area contributed by atoms with E-state index in [4.69, 9.17) is 9.52 Å². The van der Waals surface area contributed by atoms with E-state index in [1.165, 1.54) is 0 Å². The van der Waals surface area contributed by atoms with E-state index < -0.39 is 0 Å². The van der Waals surface area contributed by atoms with Crippen LogP contribution >= 0.6 is 12.4 Å². The number of nitrogens with zero attached hydrogens (tertiary/aromatic N) is 3. The van der Waals surface area contributed by atoms with E-state index in [-0.39, 0.29) is 24.4 Å². The lowest BCUT2D eigenvalue weighted by molar-refractivity contribution is 0.0671. The van der Waals surface area contributed by atoms with Gasteiger partial charge in [-0.05, 0) is 50.1 Å². The second kappa shape index (κ2) is 7.81. The Bertz CT molecular complexity index is 925. The van der Waals surface area contributed by atoms with Crippen molar-refractivity contribution in [3.05, 3.63) is 60.5 Å². The molecule has 4 heterocycles. The van der Waals surface area contributed by atoms with E-state index in [1.807, 2.05) is 48.5 Å². The number of rotatable bonds is 3. The summed E-state index contributed by atoms with van der Waals surface area (Å²) in [5.74, 6) is 0.722. The van der Waals surface area contributed by atoms with E-state index in [1.54, 1.807) is 10.9 Å². The third kappa shape index (κ3) is 3.23. The van der Waals surface area contributed by atoms with E-state index in [9.17, 15) is 4.79 Å². The van der Waals surface area contributed by atoms with Crippen LogP contribution in [0.4, 0.5) is 0 Å². The van der Waals surface area contributed by atoms with Gasteiger partial charge in [0.2, 0.25) is 0 Å². The first kappa shape index (κ1) is 18.8. The molecule has 2 saturated heterocycles. The number of aromatic nitrogens is 2. The number of hydrogen-bond acceptors (Lipinski definition) is 4. The number of amides is 1. The van der Waals surface area contributed by atoms with E-state index in [0.29, 0.717) is 23.2 Å². The topological polar surface area (TPSA) is 63.3 Å². The standard InChI is InChI=1S/C21H22N4O2.ClH/c26-21(24-15-8-9-17(24)14-22-11-10-15)19-13-18(20-7-4-12-27-20)23-25(19)16-5-2-1-3-6-16;/h1-7,12-13,15,17,22H,8-11,14H2;1H. The molecule has 2 bridgehead atoms. The highest BCUT2D eigenvalue weighted by atomic mass is 35.5. The summed E-state index contributed by atoms with van der Waals surface area (Å²) in [6.45, 7) is 1.84. The lowest BCUT2D eigenvalue weighted by Crippen LogP contribution is -2.43. The van der Waals surface area contributed by atoms with E-state index in [0.717, 1.165) is 38.0 Å². The first-order valence-corrected chi connectivity index (χ1v) is 9.54. The number of fused-ring (bicyclic) bond motifs is 2. The van der Waals surface area contributed by atoms with Crippen LogP contribution in [0.5, 0.6) is 0 Å². The number of furan rings is 1. The SMILES string of the molecule is Cl.O=C(c1cc(-c2ccco2)nn1-c1ccccc1)N1C2CCNCC1CC2. The summed E-state index contributed by atoms with van der Waals surface area (Å²) in [5.41, 5.74) is 2.14. The Labute approximate surface area is 169 Å². The first-order chi connectivity index (χ1) is 13.3. The number of hydrogen-bond donors (Lipinski definition) is 1. The molecule has 1 N–H and O–H groups in total. The molecule has 2 aliphatic heterocycles. The molecular weight excluding hydrogens is 376 g/mol. The van der Waals surface area contributed by atoms with Crippen LogP contribution in [-0.4, -0.2) is 45.8 Å². The summed E-state index contributed by atoms with van der Waals surface area (Å²) in [5, 5.41) is 8.15. The molecule has 3 aromatic rings. The van der Waals surface area contributed by atoms with Crippen LogP contribution < -0.4 is 5.32 Å². The summed E-state index contributed by atoms with van der Waals surface area (Å²) >= 11 is 0. The smallest absolute Gasteiger partial charge is 0.273 e. The summed E-state index contributed by atoms with van der Waals surface area (Å²) < 4.78 is 7.26. The van der Waals surface area contributed by atoms with Crippen molar-refractivity contribution < 1.29 is 9.21 Å². The normalized spacial score (nSPS) is 21.2. The Morgan fingerprint density at radius 1 is 1.07 bits per heavy atom. The summed E-state index contributed by atoms with van der Waals surface area (Å²) in [4.78, 5) is 15.7. The van der Waals surface area contributed by atoms with Gasteiger partial charge in [-0.25, -0.2) is 4.68 Å². The minimum Gasteiger partial charge on any atom is -0.463 e. The largest absolute Gasteiger partial charge is 0.463 e. The number of carbonyl (C=O) groups excluding carboxylic acids is 1. The molecule has 28 heavy (non-hydrogen) atoms. The Morgan fingerprint density at radius 3 is 2.68 bits per heavy atom. The van der Waals surface area contributed by atoms with Crippen LogP contribution in [0.3, 0.4) is 0 Å². The molecule has 7 heteroatoms. The van der Waals surface area contributed by atoms with E-state index in [2.05, 4.69) is 10.2 Å². The molecule has 0 saturated carbocycles. The molecule has 2 aliphatic rings. The monoisotopic (exact) mass is 398 g/mol. The zero-order chi connectivity index (χ0) is 18.2. The van der Waals surface area contributed by atoms with E-state index >= 15 is 0 Å². The predicted molar refractivity (Wildman–Crippen MR) is 109 cm³/mol. The number of halogens is 1. The van der Waals surface area contributed by atoms with Gasteiger partial charge in [0.25, 0.3) is 5.91 Å². The Balaban J connectivity index is 0.00000192. The van der Waals surface area contributed by atoms with Crippen molar-refractivity contribution in [3.8, 4) is 17.1 Å². The van der Waals surface area contributed by atoms with Crippen LogP contribution in [0.1, 0.15) is 29.8 Å². The molecule has 146 valence electrons. The molecule has 2 fully saturated rings. The van der Waals surface area contributed by atoms with Gasteiger partial charge < -0.3 is 14.6 Å². The lowest BCUT2D eigenvalue weighted by Gasteiger charge is -2.28. The number of benzene rings is 1. The first-order valence-electron chi connectivity index (χ1n) is 9.54. The average molecular weight is 399 g/mol. The molecule has 0 aliphatic carbocycles. The average Bonchev–Trinajstić information content (AvgIpc) is 3.39. The zero-order valence-corrected chi connectivity index (χ0v) is 16.3. The molecule has 2 aromatic heterocycles. The third-order valence-electron chi connectivity index (χ3n) is 5.59. The predicted octanol–water partition coefficient (Wildman–Crippen LogP) is 3.52. The maximum atomic E-state index is 13.6. The van der Waals surface area contributed by atoms with Gasteiger partial charge in [-0.3, -0.25) is 4.79 Å². The van der Waals surface area contributed by atoms with Crippen LogP contribution in [0, 0.1) is 0 Å². The minimum absolute atomic E-state index is 0. The quantitative estimate of drug-likeness (QED) is 0.733. The number of carbonyl (C=O) groups is 1. The van der Waals surface area contributed by atoms with Gasteiger partial charge in [-0.2, -0.15) is 5.10 Å². The highest BCUT2D eigenvalue weighted by Gasteiger charge is 2.39. The zero-order valence-electron chi connectivity index (χ0n) is 15.5. The summed E-state index contributed by atoms with van der Waals surface area (Å²) in [7, 11) is 0. The van der Waals surface area contributed by atoms with Gasteiger partial charge in [0.15, 0.2) is 5.76 Å². The second-order valence-corrected chi connectivity index (χ2v) is 7.23. The fourth-order valence-corrected chi connectivity index (χ4v) is 4.29. The Morgan fingerprint density at radius 2 is 1.89 bits per heavy atom. The van der Waals surface area contributed by atoms with Crippen LogP contribution in [0.15, 0.2) is 59.2 Å². The molecule has 1 amide bonds. The Hall–Kier alpha value is -2.57. The van der Waals surface area contributed by atoms with Gasteiger partial charge in [0.1, 0.15) is 11.4 Å². The minimum atomic E-state index is 0. The second-order valence-electron chi connectivity index (χ2n) is 7.23. The maximum absolute atomic E-state index is 13.6. The Kier molecular flexibility index (Phi) is 5.24. The van der Waals surface area contributed by atoms with Gasteiger partial charge in [0.05, 0.1) is 12.0 Å². The van der Waals surface area contributed by atoms with Crippen LogP contribution in [-0.2, 0) is 0 Å². The van der Waals surface area contributed by atoms with Crippen molar-refractivity contribution in [2.45, 2.75) is 31.3 Å². The van der Waals surface area contributed by atoms with Crippen molar-refractivity contribution >= 4 is 18.3 Å². The molecule has 6 nitrogen and oxygen atoms in total. The molecular formula is C21H23ClN4O2. The fourth-order valence-electron chi connectivity index (χ4n) is 4.29.